The molecule has 2 aliphatic rings. The molecule has 0 radical (unpaired) electrons. The van der Waals surface area contributed by atoms with E-state index in [1.165, 1.54) is 24.9 Å². The van der Waals surface area contributed by atoms with Crippen LogP contribution in [0.5, 0.6) is 0 Å². The molecule has 1 aliphatic heterocycles. The number of carboxylic acids is 1. The average molecular weight is 362 g/mol. The van der Waals surface area contributed by atoms with E-state index >= 15 is 0 Å². The molecular formula is C21H22N4O2. The minimum absolute atomic E-state index is 0.0551. The predicted molar refractivity (Wildman–Crippen MR) is 104 cm³/mol. The zero-order valence-corrected chi connectivity index (χ0v) is 15.1. The first-order valence-corrected chi connectivity index (χ1v) is 9.69. The third-order valence-corrected chi connectivity index (χ3v) is 5.82. The summed E-state index contributed by atoms with van der Waals surface area (Å²) in [7, 11) is 0. The molecule has 6 heteroatoms. The molecule has 0 bridgehead atoms. The van der Waals surface area contributed by atoms with E-state index in [-0.39, 0.29) is 5.69 Å². The standard InChI is InChI=1S/C21H22N4O2/c26-21(27)18-10-9-17-19(14-5-3-6-14)23-25(20(17)22-18)16-8-4-7-15(13-16)24-11-1-2-12-24/h4,7-10,13-14H,1-3,5-6,11-12H2,(H,26,27). The van der Waals surface area contributed by atoms with Gasteiger partial charge in [0, 0.05) is 30.1 Å². The summed E-state index contributed by atoms with van der Waals surface area (Å²) in [5, 5.41) is 15.2. The van der Waals surface area contributed by atoms with E-state index in [1.807, 2.05) is 22.9 Å². The SMILES string of the molecule is O=C(O)c1ccc2c(C3CCC3)nn(-c3cccc(N4CCCC4)c3)c2n1. The molecule has 27 heavy (non-hydrogen) atoms. The van der Waals surface area contributed by atoms with Crippen molar-refractivity contribution in [2.75, 3.05) is 18.0 Å². The number of nitrogens with zero attached hydrogens (tertiary/aromatic N) is 4. The molecule has 2 aromatic heterocycles. The van der Waals surface area contributed by atoms with Gasteiger partial charge >= 0.3 is 5.97 Å². The number of aromatic nitrogens is 3. The lowest BCUT2D eigenvalue weighted by atomic mass is 9.82. The Bertz CT molecular complexity index is 1020. The fourth-order valence-corrected chi connectivity index (χ4v) is 4.10. The second-order valence-electron chi connectivity index (χ2n) is 7.51. The second-order valence-corrected chi connectivity index (χ2v) is 7.51. The molecule has 3 aromatic rings. The summed E-state index contributed by atoms with van der Waals surface area (Å²) in [6, 6.07) is 11.8. The molecule has 1 aromatic carbocycles. The van der Waals surface area contributed by atoms with Gasteiger partial charge in [0.25, 0.3) is 0 Å². The van der Waals surface area contributed by atoms with Gasteiger partial charge in [-0.25, -0.2) is 14.5 Å². The third-order valence-electron chi connectivity index (χ3n) is 5.82. The van der Waals surface area contributed by atoms with E-state index in [4.69, 9.17) is 5.10 Å². The van der Waals surface area contributed by atoms with Crippen LogP contribution in [0.3, 0.4) is 0 Å². The molecule has 6 nitrogen and oxygen atoms in total. The summed E-state index contributed by atoms with van der Waals surface area (Å²) in [4.78, 5) is 18.2. The maximum atomic E-state index is 11.4. The van der Waals surface area contributed by atoms with Gasteiger partial charge in [0.1, 0.15) is 0 Å². The average Bonchev–Trinajstić information content (AvgIpc) is 3.29. The monoisotopic (exact) mass is 362 g/mol. The van der Waals surface area contributed by atoms with Crippen LogP contribution in [0.1, 0.15) is 54.2 Å². The topological polar surface area (TPSA) is 71.2 Å². The summed E-state index contributed by atoms with van der Waals surface area (Å²) in [6.45, 7) is 2.16. The van der Waals surface area contributed by atoms with Gasteiger partial charge < -0.3 is 10.0 Å². The molecule has 1 saturated heterocycles. The zero-order chi connectivity index (χ0) is 18.4. The lowest BCUT2D eigenvalue weighted by Crippen LogP contribution is -2.17. The van der Waals surface area contributed by atoms with Gasteiger partial charge in [0.15, 0.2) is 11.3 Å². The van der Waals surface area contributed by atoms with Crippen LogP contribution in [-0.4, -0.2) is 38.9 Å². The molecule has 0 spiro atoms. The molecule has 2 fully saturated rings. The van der Waals surface area contributed by atoms with Gasteiger partial charge in [-0.2, -0.15) is 5.10 Å². The van der Waals surface area contributed by atoms with Crippen molar-refractivity contribution < 1.29 is 9.90 Å². The van der Waals surface area contributed by atoms with E-state index in [2.05, 4.69) is 22.0 Å². The van der Waals surface area contributed by atoms with Crippen molar-refractivity contribution in [3.8, 4) is 5.69 Å². The van der Waals surface area contributed by atoms with Crippen LogP contribution in [0.15, 0.2) is 36.4 Å². The number of carbonyl (C=O) groups is 1. The van der Waals surface area contributed by atoms with E-state index in [0.29, 0.717) is 11.6 Å². The molecule has 0 atom stereocenters. The van der Waals surface area contributed by atoms with Gasteiger partial charge in [0.2, 0.25) is 0 Å². The van der Waals surface area contributed by atoms with Crippen LogP contribution in [0.25, 0.3) is 16.7 Å². The van der Waals surface area contributed by atoms with Crippen LogP contribution in [0.4, 0.5) is 5.69 Å². The Hall–Kier alpha value is -2.89. The van der Waals surface area contributed by atoms with Crippen LogP contribution >= 0.6 is 0 Å². The normalized spacial score (nSPS) is 17.4. The lowest BCUT2D eigenvalue weighted by molar-refractivity contribution is 0.0691. The fourth-order valence-electron chi connectivity index (χ4n) is 4.10. The minimum Gasteiger partial charge on any atom is -0.477 e. The fraction of sp³-hybridized carbons (Fsp3) is 0.381. The van der Waals surface area contributed by atoms with Crippen LogP contribution in [-0.2, 0) is 0 Å². The predicted octanol–water partition coefficient (Wildman–Crippen LogP) is 3.99. The first kappa shape index (κ1) is 16.3. The van der Waals surface area contributed by atoms with Crippen LogP contribution < -0.4 is 4.90 Å². The number of anilines is 1. The van der Waals surface area contributed by atoms with E-state index in [0.717, 1.165) is 42.7 Å². The van der Waals surface area contributed by atoms with Crippen molar-refractivity contribution in [2.45, 2.75) is 38.0 Å². The number of fused-ring (bicyclic) bond motifs is 1. The Morgan fingerprint density at radius 2 is 1.81 bits per heavy atom. The quantitative estimate of drug-likeness (QED) is 0.760. The number of hydrogen-bond acceptors (Lipinski definition) is 4. The summed E-state index contributed by atoms with van der Waals surface area (Å²) >= 11 is 0. The van der Waals surface area contributed by atoms with Gasteiger partial charge in [0.05, 0.1) is 11.4 Å². The first-order chi connectivity index (χ1) is 13.2. The molecule has 138 valence electrons. The highest BCUT2D eigenvalue weighted by molar-refractivity contribution is 5.90. The number of benzene rings is 1. The van der Waals surface area contributed by atoms with Crippen LogP contribution in [0, 0.1) is 0 Å². The highest BCUT2D eigenvalue weighted by atomic mass is 16.4. The zero-order valence-electron chi connectivity index (χ0n) is 15.1. The molecule has 1 saturated carbocycles. The van der Waals surface area contributed by atoms with Crippen molar-refractivity contribution in [3.63, 3.8) is 0 Å². The Balaban J connectivity index is 1.66. The first-order valence-electron chi connectivity index (χ1n) is 9.69. The van der Waals surface area contributed by atoms with Crippen molar-refractivity contribution in [1.82, 2.24) is 14.8 Å². The van der Waals surface area contributed by atoms with Crippen molar-refractivity contribution in [3.05, 3.63) is 47.8 Å². The lowest BCUT2D eigenvalue weighted by Gasteiger charge is -2.23. The highest BCUT2D eigenvalue weighted by Gasteiger charge is 2.27. The van der Waals surface area contributed by atoms with Gasteiger partial charge in [-0.05, 0) is 56.0 Å². The molecule has 5 rings (SSSR count). The Morgan fingerprint density at radius 1 is 1.04 bits per heavy atom. The van der Waals surface area contributed by atoms with Gasteiger partial charge in [-0.15, -0.1) is 0 Å². The molecular weight excluding hydrogens is 340 g/mol. The number of hydrogen-bond donors (Lipinski definition) is 1. The Morgan fingerprint density at radius 3 is 2.52 bits per heavy atom. The van der Waals surface area contributed by atoms with Crippen LogP contribution in [0.2, 0.25) is 0 Å². The second kappa shape index (κ2) is 6.37. The molecule has 1 N–H and O–H groups in total. The Kier molecular flexibility index (Phi) is 3.85. The smallest absolute Gasteiger partial charge is 0.354 e. The summed E-state index contributed by atoms with van der Waals surface area (Å²) < 4.78 is 1.83. The minimum atomic E-state index is -1.01. The van der Waals surface area contributed by atoms with Crippen molar-refractivity contribution >= 4 is 22.7 Å². The summed E-state index contributed by atoms with van der Waals surface area (Å²) in [5.41, 5.74) is 3.86. The Labute approximate surface area is 157 Å². The molecule has 1 aliphatic carbocycles. The van der Waals surface area contributed by atoms with E-state index < -0.39 is 5.97 Å². The number of rotatable bonds is 4. The third kappa shape index (κ3) is 2.76. The highest BCUT2D eigenvalue weighted by Crippen LogP contribution is 2.39. The molecule has 0 amide bonds. The van der Waals surface area contributed by atoms with Crippen molar-refractivity contribution in [2.24, 2.45) is 0 Å². The molecule has 3 heterocycles. The van der Waals surface area contributed by atoms with Crippen molar-refractivity contribution in [1.29, 1.82) is 0 Å². The number of carboxylic acid groups (broad SMARTS) is 1. The van der Waals surface area contributed by atoms with E-state index in [1.54, 1.807) is 6.07 Å². The maximum Gasteiger partial charge on any atom is 0.354 e. The van der Waals surface area contributed by atoms with Gasteiger partial charge in [-0.1, -0.05) is 12.5 Å². The van der Waals surface area contributed by atoms with E-state index in [9.17, 15) is 9.90 Å². The summed E-state index contributed by atoms with van der Waals surface area (Å²) in [5.74, 6) is -0.561. The summed E-state index contributed by atoms with van der Waals surface area (Å²) in [6.07, 6.45) is 5.96. The molecule has 0 unspecified atom stereocenters. The number of pyridine rings is 1. The largest absolute Gasteiger partial charge is 0.477 e. The van der Waals surface area contributed by atoms with Gasteiger partial charge in [-0.3, -0.25) is 0 Å². The number of aromatic carboxylic acids is 1. The maximum absolute atomic E-state index is 11.4.